The van der Waals surface area contributed by atoms with Crippen molar-refractivity contribution in [2.45, 2.75) is 19.8 Å². The first-order valence-electron chi connectivity index (χ1n) is 4.62. The van der Waals surface area contributed by atoms with Crippen molar-refractivity contribution in [3.05, 3.63) is 27.1 Å². The van der Waals surface area contributed by atoms with Gasteiger partial charge in [-0.05, 0) is 41.1 Å². The van der Waals surface area contributed by atoms with E-state index in [0.717, 1.165) is 0 Å². The summed E-state index contributed by atoms with van der Waals surface area (Å²) in [5.74, 6) is -0.424. The summed E-state index contributed by atoms with van der Waals surface area (Å²) >= 11 is 1.95. The summed E-state index contributed by atoms with van der Waals surface area (Å²) in [6.07, 6.45) is -1.30. The van der Waals surface area contributed by atoms with Gasteiger partial charge in [-0.1, -0.05) is 0 Å². The van der Waals surface area contributed by atoms with Crippen LogP contribution in [-0.2, 0) is 16.0 Å². The highest BCUT2D eigenvalue weighted by Gasteiger charge is 2.13. The minimum atomic E-state index is -2.63. The highest BCUT2D eigenvalue weighted by atomic mass is 127. The molecule has 0 aliphatic carbocycles. The van der Waals surface area contributed by atoms with Crippen LogP contribution in [0.3, 0.4) is 0 Å². The minimum Gasteiger partial charge on any atom is -0.466 e. The molecule has 0 radical (unpaired) electrons. The molecular formula is C10H10F2INO2. The van der Waals surface area contributed by atoms with Crippen molar-refractivity contribution in [2.24, 2.45) is 0 Å². The van der Waals surface area contributed by atoms with Crippen LogP contribution in [0.2, 0.25) is 0 Å². The number of nitrogens with zero attached hydrogens (tertiary/aromatic N) is 1. The molecule has 0 bridgehead atoms. The van der Waals surface area contributed by atoms with Crippen molar-refractivity contribution in [3.8, 4) is 0 Å². The molecule has 0 saturated carbocycles. The number of rotatable bonds is 4. The third-order valence-corrected chi connectivity index (χ3v) is 2.79. The average Bonchev–Trinajstić information content (AvgIpc) is 2.21. The fourth-order valence-electron chi connectivity index (χ4n) is 1.12. The number of alkyl halides is 2. The number of carbonyl (C=O) groups excluding carboxylic acids is 1. The fraction of sp³-hybridized carbons (Fsp3) is 0.400. The lowest BCUT2D eigenvalue weighted by molar-refractivity contribution is -0.142. The van der Waals surface area contributed by atoms with Crippen molar-refractivity contribution >= 4 is 28.6 Å². The van der Waals surface area contributed by atoms with Gasteiger partial charge in [-0.25, -0.2) is 8.78 Å². The van der Waals surface area contributed by atoms with Gasteiger partial charge >= 0.3 is 5.97 Å². The van der Waals surface area contributed by atoms with Crippen LogP contribution in [0.5, 0.6) is 0 Å². The molecule has 0 aliphatic rings. The van der Waals surface area contributed by atoms with Gasteiger partial charge in [-0.3, -0.25) is 9.78 Å². The molecule has 0 aromatic carbocycles. The molecule has 0 amide bonds. The largest absolute Gasteiger partial charge is 0.466 e. The van der Waals surface area contributed by atoms with Gasteiger partial charge in [0, 0.05) is 9.77 Å². The lowest BCUT2D eigenvalue weighted by atomic mass is 10.1. The quantitative estimate of drug-likeness (QED) is 0.625. The Kier molecular flexibility index (Phi) is 5.04. The molecule has 0 fully saturated rings. The van der Waals surface area contributed by atoms with Crippen molar-refractivity contribution < 1.29 is 18.3 Å². The number of hydrogen-bond acceptors (Lipinski definition) is 3. The van der Waals surface area contributed by atoms with E-state index in [2.05, 4.69) is 4.98 Å². The Hall–Kier alpha value is -0.790. The zero-order chi connectivity index (χ0) is 12.1. The van der Waals surface area contributed by atoms with Gasteiger partial charge < -0.3 is 4.74 Å². The molecule has 16 heavy (non-hydrogen) atoms. The molecule has 0 saturated heterocycles. The van der Waals surface area contributed by atoms with Crippen LogP contribution < -0.4 is 0 Å². The van der Waals surface area contributed by atoms with Crippen LogP contribution in [0.4, 0.5) is 8.78 Å². The normalized spacial score (nSPS) is 10.6. The van der Waals surface area contributed by atoms with Gasteiger partial charge in [0.05, 0.1) is 13.0 Å². The van der Waals surface area contributed by atoms with E-state index in [0.29, 0.717) is 9.13 Å². The summed E-state index contributed by atoms with van der Waals surface area (Å²) in [5, 5.41) is 0. The molecular weight excluding hydrogens is 331 g/mol. The first kappa shape index (κ1) is 13.3. The monoisotopic (exact) mass is 341 g/mol. The molecule has 1 rings (SSSR count). The number of esters is 1. The van der Waals surface area contributed by atoms with Gasteiger partial charge in [0.2, 0.25) is 0 Å². The smallest absolute Gasteiger partial charge is 0.310 e. The van der Waals surface area contributed by atoms with E-state index in [-0.39, 0.29) is 18.7 Å². The van der Waals surface area contributed by atoms with Gasteiger partial charge in [0.25, 0.3) is 6.43 Å². The average molecular weight is 341 g/mol. The maximum atomic E-state index is 12.4. The Morgan fingerprint density at radius 1 is 1.62 bits per heavy atom. The lowest BCUT2D eigenvalue weighted by Crippen LogP contribution is -2.09. The molecule has 0 unspecified atom stereocenters. The van der Waals surface area contributed by atoms with Crippen molar-refractivity contribution in [2.75, 3.05) is 6.61 Å². The van der Waals surface area contributed by atoms with Gasteiger partial charge in [0.1, 0.15) is 5.69 Å². The SMILES string of the molecule is CCOC(=O)Cc1cc(C(F)F)ncc1I. The Labute approximate surface area is 105 Å². The first-order chi connectivity index (χ1) is 7.54. The van der Waals surface area contributed by atoms with E-state index in [9.17, 15) is 13.6 Å². The topological polar surface area (TPSA) is 39.2 Å². The molecule has 3 nitrogen and oxygen atoms in total. The van der Waals surface area contributed by atoms with Crippen LogP contribution in [-0.4, -0.2) is 17.6 Å². The predicted molar refractivity (Wildman–Crippen MR) is 62.2 cm³/mol. The molecule has 1 heterocycles. The van der Waals surface area contributed by atoms with Crippen LogP contribution in [0.1, 0.15) is 24.6 Å². The zero-order valence-corrected chi connectivity index (χ0v) is 10.7. The zero-order valence-electron chi connectivity index (χ0n) is 8.54. The third-order valence-electron chi connectivity index (χ3n) is 1.82. The van der Waals surface area contributed by atoms with E-state index >= 15 is 0 Å². The van der Waals surface area contributed by atoms with E-state index in [1.807, 2.05) is 22.6 Å². The predicted octanol–water partition coefficient (Wildman–Crippen LogP) is 2.73. The van der Waals surface area contributed by atoms with E-state index in [4.69, 9.17) is 4.74 Å². The molecule has 88 valence electrons. The molecule has 1 aromatic heterocycles. The van der Waals surface area contributed by atoms with E-state index in [1.165, 1.54) is 12.3 Å². The van der Waals surface area contributed by atoms with Crippen LogP contribution in [0.15, 0.2) is 12.3 Å². The number of ether oxygens (including phenoxy) is 1. The van der Waals surface area contributed by atoms with E-state index < -0.39 is 12.4 Å². The summed E-state index contributed by atoms with van der Waals surface area (Å²) in [7, 11) is 0. The maximum Gasteiger partial charge on any atom is 0.310 e. The highest BCUT2D eigenvalue weighted by Crippen LogP contribution is 2.20. The molecule has 0 aliphatic heterocycles. The second kappa shape index (κ2) is 6.07. The van der Waals surface area contributed by atoms with Crippen molar-refractivity contribution in [1.82, 2.24) is 4.98 Å². The number of aromatic nitrogens is 1. The number of hydrogen-bond donors (Lipinski definition) is 0. The van der Waals surface area contributed by atoms with Crippen molar-refractivity contribution in [3.63, 3.8) is 0 Å². The summed E-state index contributed by atoms with van der Waals surface area (Å²) in [6.45, 7) is 1.97. The van der Waals surface area contributed by atoms with Gasteiger partial charge in [-0.15, -0.1) is 0 Å². The lowest BCUT2D eigenvalue weighted by Gasteiger charge is -2.06. The second-order valence-corrected chi connectivity index (χ2v) is 4.15. The maximum absolute atomic E-state index is 12.4. The third kappa shape index (κ3) is 3.66. The molecule has 0 N–H and O–H groups in total. The fourth-order valence-corrected chi connectivity index (χ4v) is 1.61. The standard InChI is InChI=1S/C10H10F2INO2/c1-2-16-9(15)4-6-3-8(10(11)12)14-5-7(6)13/h3,5,10H,2,4H2,1H3. The second-order valence-electron chi connectivity index (χ2n) is 2.98. The van der Waals surface area contributed by atoms with Crippen molar-refractivity contribution in [1.29, 1.82) is 0 Å². The Morgan fingerprint density at radius 2 is 2.31 bits per heavy atom. The van der Waals surface area contributed by atoms with Gasteiger partial charge in [-0.2, -0.15) is 0 Å². The highest BCUT2D eigenvalue weighted by molar-refractivity contribution is 14.1. The van der Waals surface area contributed by atoms with Crippen LogP contribution >= 0.6 is 22.6 Å². The van der Waals surface area contributed by atoms with Crippen LogP contribution in [0.25, 0.3) is 0 Å². The Balaban J connectivity index is 2.86. The summed E-state index contributed by atoms with van der Waals surface area (Å²) in [5.41, 5.74) is 0.198. The summed E-state index contributed by atoms with van der Waals surface area (Å²) < 4.78 is 30.2. The summed E-state index contributed by atoms with van der Waals surface area (Å²) in [6, 6.07) is 1.24. The number of pyridine rings is 1. The van der Waals surface area contributed by atoms with E-state index in [1.54, 1.807) is 6.92 Å². The van der Waals surface area contributed by atoms with Gasteiger partial charge in [0.15, 0.2) is 0 Å². The molecule has 6 heteroatoms. The Bertz CT molecular complexity index is 385. The summed E-state index contributed by atoms with van der Waals surface area (Å²) in [4.78, 5) is 14.8. The minimum absolute atomic E-state index is 0.00560. The molecule has 0 atom stereocenters. The van der Waals surface area contributed by atoms with Crippen LogP contribution in [0, 0.1) is 3.57 Å². The Morgan fingerprint density at radius 3 is 2.88 bits per heavy atom. The number of halogens is 3. The molecule has 0 spiro atoms. The molecule has 1 aromatic rings. The first-order valence-corrected chi connectivity index (χ1v) is 5.70. The number of carbonyl (C=O) groups is 1.